The van der Waals surface area contributed by atoms with Crippen LogP contribution in [-0.4, -0.2) is 58.1 Å². The SMILES string of the molecule is O=C(O)CCc1cc2n(n1)CCCN(C(=O)C1CCS(=O)(=O)CC1)C2. The molecule has 0 atom stereocenters. The van der Waals surface area contributed by atoms with Gasteiger partial charge in [0.15, 0.2) is 0 Å². The Kier molecular flexibility index (Phi) is 5.12. The highest BCUT2D eigenvalue weighted by Crippen LogP contribution is 2.23. The monoisotopic (exact) mass is 369 g/mol. The average molecular weight is 369 g/mol. The van der Waals surface area contributed by atoms with Gasteiger partial charge in [-0.1, -0.05) is 0 Å². The molecule has 0 radical (unpaired) electrons. The predicted octanol–water partition coefficient (Wildman–Crippen LogP) is 0.457. The molecule has 138 valence electrons. The van der Waals surface area contributed by atoms with E-state index in [0.29, 0.717) is 38.9 Å². The molecular formula is C16H23N3O5S. The molecule has 3 rings (SSSR count). The first kappa shape index (κ1) is 17.9. The molecule has 2 aliphatic heterocycles. The van der Waals surface area contributed by atoms with Crippen LogP contribution in [0.1, 0.15) is 37.1 Å². The van der Waals surface area contributed by atoms with Crippen LogP contribution < -0.4 is 0 Å². The first-order chi connectivity index (χ1) is 11.8. The lowest BCUT2D eigenvalue weighted by Gasteiger charge is -2.28. The van der Waals surface area contributed by atoms with E-state index < -0.39 is 15.8 Å². The number of aliphatic carboxylic acids is 1. The zero-order chi connectivity index (χ0) is 18.0. The average Bonchev–Trinajstić information content (AvgIpc) is 2.83. The van der Waals surface area contributed by atoms with Crippen LogP contribution in [-0.2, 0) is 38.9 Å². The van der Waals surface area contributed by atoms with Crippen LogP contribution in [0.3, 0.4) is 0 Å². The standard InChI is InChI=1S/C16H23N3O5S/c20-15(21)3-2-13-10-14-11-18(6-1-7-19(14)17-13)16(22)12-4-8-25(23,24)9-5-12/h10,12H,1-9,11H2,(H,20,21). The normalized spacial score (nSPS) is 20.7. The molecule has 0 saturated carbocycles. The van der Waals surface area contributed by atoms with Gasteiger partial charge in [0, 0.05) is 25.4 Å². The second-order valence-electron chi connectivity index (χ2n) is 6.78. The van der Waals surface area contributed by atoms with Gasteiger partial charge in [0.2, 0.25) is 5.91 Å². The Balaban J connectivity index is 1.66. The number of carbonyl (C=O) groups excluding carboxylic acids is 1. The molecule has 1 saturated heterocycles. The van der Waals surface area contributed by atoms with Crippen LogP contribution in [0.5, 0.6) is 0 Å². The Morgan fingerprint density at radius 3 is 2.64 bits per heavy atom. The highest BCUT2D eigenvalue weighted by atomic mass is 32.2. The van der Waals surface area contributed by atoms with E-state index in [1.807, 2.05) is 10.7 Å². The molecule has 25 heavy (non-hydrogen) atoms. The second kappa shape index (κ2) is 7.15. The van der Waals surface area contributed by atoms with Crippen LogP contribution in [0.25, 0.3) is 0 Å². The third kappa shape index (κ3) is 4.39. The first-order valence-corrected chi connectivity index (χ1v) is 10.4. The summed E-state index contributed by atoms with van der Waals surface area (Å²) in [7, 11) is -2.98. The zero-order valence-corrected chi connectivity index (χ0v) is 14.9. The number of nitrogens with zero attached hydrogens (tertiary/aromatic N) is 3. The molecule has 0 bridgehead atoms. The van der Waals surface area contributed by atoms with Crippen LogP contribution in [0.15, 0.2) is 6.07 Å². The fourth-order valence-electron chi connectivity index (χ4n) is 3.46. The summed E-state index contributed by atoms with van der Waals surface area (Å²) in [5.41, 5.74) is 1.64. The van der Waals surface area contributed by atoms with E-state index in [2.05, 4.69) is 5.10 Å². The van der Waals surface area contributed by atoms with E-state index in [0.717, 1.165) is 17.8 Å². The lowest BCUT2D eigenvalue weighted by Crippen LogP contribution is -2.39. The van der Waals surface area contributed by atoms with Crippen molar-refractivity contribution in [3.63, 3.8) is 0 Å². The van der Waals surface area contributed by atoms with Gasteiger partial charge in [0.1, 0.15) is 9.84 Å². The number of carbonyl (C=O) groups is 2. The Morgan fingerprint density at radius 2 is 1.96 bits per heavy atom. The largest absolute Gasteiger partial charge is 0.481 e. The molecule has 0 unspecified atom stereocenters. The number of amides is 1. The number of rotatable bonds is 4. The van der Waals surface area contributed by atoms with Gasteiger partial charge in [0.25, 0.3) is 0 Å². The Labute approximate surface area is 146 Å². The van der Waals surface area contributed by atoms with Crippen LogP contribution in [0.2, 0.25) is 0 Å². The zero-order valence-electron chi connectivity index (χ0n) is 14.1. The maximum atomic E-state index is 12.8. The van der Waals surface area contributed by atoms with Gasteiger partial charge >= 0.3 is 5.97 Å². The van der Waals surface area contributed by atoms with Crippen LogP contribution >= 0.6 is 0 Å². The van der Waals surface area contributed by atoms with Gasteiger partial charge < -0.3 is 10.0 Å². The topological polar surface area (TPSA) is 110 Å². The van der Waals surface area contributed by atoms with Gasteiger partial charge in [-0.15, -0.1) is 0 Å². The fraction of sp³-hybridized carbons (Fsp3) is 0.688. The molecule has 0 aromatic carbocycles. The number of fused-ring (bicyclic) bond motifs is 1. The summed E-state index contributed by atoms with van der Waals surface area (Å²) in [5, 5.41) is 13.2. The van der Waals surface area contributed by atoms with Gasteiger partial charge in [-0.05, 0) is 25.3 Å². The first-order valence-electron chi connectivity index (χ1n) is 8.61. The van der Waals surface area contributed by atoms with Crippen molar-refractivity contribution in [3.05, 3.63) is 17.5 Å². The summed E-state index contributed by atoms with van der Waals surface area (Å²) < 4.78 is 25.0. The Bertz CT molecular complexity index is 757. The van der Waals surface area contributed by atoms with E-state index in [4.69, 9.17) is 5.11 Å². The molecular weight excluding hydrogens is 346 g/mol. The van der Waals surface area contributed by atoms with E-state index in [1.165, 1.54) is 0 Å². The highest BCUT2D eigenvalue weighted by molar-refractivity contribution is 7.91. The number of hydrogen-bond donors (Lipinski definition) is 1. The molecule has 8 nitrogen and oxygen atoms in total. The summed E-state index contributed by atoms with van der Waals surface area (Å²) >= 11 is 0. The number of aromatic nitrogens is 2. The van der Waals surface area contributed by atoms with Gasteiger partial charge in [-0.2, -0.15) is 5.10 Å². The molecule has 1 fully saturated rings. The number of aryl methyl sites for hydroxylation is 2. The van der Waals surface area contributed by atoms with Gasteiger partial charge in [-0.25, -0.2) is 8.42 Å². The quantitative estimate of drug-likeness (QED) is 0.826. The van der Waals surface area contributed by atoms with E-state index in [1.54, 1.807) is 4.90 Å². The van der Waals surface area contributed by atoms with Gasteiger partial charge in [0.05, 0.1) is 35.9 Å². The van der Waals surface area contributed by atoms with Crippen molar-refractivity contribution in [1.29, 1.82) is 0 Å². The maximum absolute atomic E-state index is 12.8. The van der Waals surface area contributed by atoms with Crippen LogP contribution in [0.4, 0.5) is 0 Å². The number of carboxylic acids is 1. The molecule has 1 aromatic heterocycles. The summed E-state index contributed by atoms with van der Waals surface area (Å²) in [6.07, 6.45) is 2.00. The summed E-state index contributed by atoms with van der Waals surface area (Å²) in [4.78, 5) is 25.3. The van der Waals surface area contributed by atoms with Crippen molar-refractivity contribution in [2.24, 2.45) is 5.92 Å². The summed E-state index contributed by atoms with van der Waals surface area (Å²) in [6.45, 7) is 1.78. The number of sulfone groups is 1. The third-order valence-electron chi connectivity index (χ3n) is 4.88. The van der Waals surface area contributed by atoms with Crippen LogP contribution in [0, 0.1) is 5.92 Å². The molecule has 1 amide bonds. The lowest BCUT2D eigenvalue weighted by molar-refractivity contribution is -0.137. The highest BCUT2D eigenvalue weighted by Gasteiger charge is 2.32. The van der Waals surface area contributed by atoms with Gasteiger partial charge in [-0.3, -0.25) is 14.3 Å². The summed E-state index contributed by atoms with van der Waals surface area (Å²) in [6, 6.07) is 1.87. The number of carboxylic acid groups (broad SMARTS) is 1. The van der Waals surface area contributed by atoms with Crippen molar-refractivity contribution in [1.82, 2.24) is 14.7 Å². The molecule has 1 N–H and O–H groups in total. The minimum Gasteiger partial charge on any atom is -0.481 e. The summed E-state index contributed by atoms with van der Waals surface area (Å²) in [5.74, 6) is -0.864. The fourth-order valence-corrected chi connectivity index (χ4v) is 4.95. The molecule has 3 heterocycles. The Morgan fingerprint density at radius 1 is 1.24 bits per heavy atom. The van der Waals surface area contributed by atoms with E-state index in [9.17, 15) is 18.0 Å². The van der Waals surface area contributed by atoms with Crippen molar-refractivity contribution in [2.75, 3.05) is 18.1 Å². The Hall–Kier alpha value is -1.90. The number of hydrogen-bond acceptors (Lipinski definition) is 5. The van der Waals surface area contributed by atoms with E-state index >= 15 is 0 Å². The second-order valence-corrected chi connectivity index (χ2v) is 9.09. The van der Waals surface area contributed by atoms with Crippen molar-refractivity contribution < 1.29 is 23.1 Å². The van der Waals surface area contributed by atoms with Crippen molar-refractivity contribution >= 4 is 21.7 Å². The maximum Gasteiger partial charge on any atom is 0.303 e. The predicted molar refractivity (Wildman–Crippen MR) is 89.6 cm³/mol. The van der Waals surface area contributed by atoms with Crippen molar-refractivity contribution in [2.45, 2.75) is 45.2 Å². The van der Waals surface area contributed by atoms with Crippen molar-refractivity contribution in [3.8, 4) is 0 Å². The molecule has 2 aliphatic rings. The molecule has 0 aliphatic carbocycles. The minimum absolute atomic E-state index is 0.0247. The third-order valence-corrected chi connectivity index (χ3v) is 6.59. The van der Waals surface area contributed by atoms with E-state index in [-0.39, 0.29) is 29.8 Å². The molecule has 9 heteroatoms. The smallest absolute Gasteiger partial charge is 0.303 e. The minimum atomic E-state index is -2.98. The molecule has 0 spiro atoms. The lowest BCUT2D eigenvalue weighted by atomic mass is 10.0. The molecule has 1 aromatic rings.